The van der Waals surface area contributed by atoms with E-state index in [1.807, 2.05) is 0 Å². The lowest BCUT2D eigenvalue weighted by Gasteiger charge is -2.16. The molecule has 1 N–H and O–H groups in total. The topological polar surface area (TPSA) is 95.2 Å². The lowest BCUT2D eigenvalue weighted by molar-refractivity contribution is 0.0650. The Kier molecular flexibility index (Phi) is 4.24. The van der Waals surface area contributed by atoms with Crippen molar-refractivity contribution >= 4 is 17.4 Å². The molecule has 0 aromatic carbocycles. The standard InChI is InChI=1S/C15H18ClN5O3/c1-22-15-18-7-10(16)13(20-15)17-6-9-4-5-23-11(9)14-19-12(21-24-14)8-2-3-8/h7-9,11H,2-6H2,1H3,(H,17,18,20)/t9-,11-/m0/s1. The van der Waals surface area contributed by atoms with Crippen molar-refractivity contribution in [1.29, 1.82) is 0 Å². The molecule has 2 fully saturated rings. The van der Waals surface area contributed by atoms with Gasteiger partial charge in [-0.3, -0.25) is 0 Å². The molecule has 0 spiro atoms. The van der Waals surface area contributed by atoms with Crippen molar-refractivity contribution < 1.29 is 14.0 Å². The van der Waals surface area contributed by atoms with Gasteiger partial charge in [0.15, 0.2) is 11.6 Å². The molecule has 2 aromatic rings. The number of aromatic nitrogens is 4. The van der Waals surface area contributed by atoms with Gasteiger partial charge in [-0.1, -0.05) is 16.8 Å². The lowest BCUT2D eigenvalue weighted by Crippen LogP contribution is -2.19. The van der Waals surface area contributed by atoms with E-state index in [4.69, 9.17) is 25.6 Å². The Morgan fingerprint density at radius 1 is 1.33 bits per heavy atom. The van der Waals surface area contributed by atoms with E-state index in [0.29, 0.717) is 35.8 Å². The first kappa shape index (κ1) is 15.6. The van der Waals surface area contributed by atoms with Crippen LogP contribution < -0.4 is 10.1 Å². The highest BCUT2D eigenvalue weighted by Gasteiger charge is 2.36. The predicted molar refractivity (Wildman–Crippen MR) is 85.2 cm³/mol. The minimum Gasteiger partial charge on any atom is -0.467 e. The van der Waals surface area contributed by atoms with E-state index < -0.39 is 0 Å². The van der Waals surface area contributed by atoms with E-state index >= 15 is 0 Å². The van der Waals surface area contributed by atoms with E-state index in [1.54, 1.807) is 0 Å². The maximum absolute atomic E-state index is 6.12. The van der Waals surface area contributed by atoms with Gasteiger partial charge >= 0.3 is 6.01 Å². The summed E-state index contributed by atoms with van der Waals surface area (Å²) >= 11 is 6.12. The molecule has 2 aromatic heterocycles. The molecular weight excluding hydrogens is 334 g/mol. The van der Waals surface area contributed by atoms with E-state index in [1.165, 1.54) is 13.3 Å². The summed E-state index contributed by atoms with van der Waals surface area (Å²) in [5, 5.41) is 7.75. The van der Waals surface area contributed by atoms with Gasteiger partial charge in [-0.05, 0) is 19.3 Å². The number of hydrogen-bond donors (Lipinski definition) is 1. The summed E-state index contributed by atoms with van der Waals surface area (Å²) in [6.07, 6.45) is 4.50. The van der Waals surface area contributed by atoms with Crippen LogP contribution in [0.25, 0.3) is 0 Å². The van der Waals surface area contributed by atoms with Gasteiger partial charge < -0.3 is 19.3 Å². The average Bonchev–Trinajstić information content (AvgIpc) is 3.15. The number of halogens is 1. The van der Waals surface area contributed by atoms with Crippen molar-refractivity contribution in [1.82, 2.24) is 20.1 Å². The first-order chi connectivity index (χ1) is 11.7. The molecule has 2 atom stereocenters. The summed E-state index contributed by atoms with van der Waals surface area (Å²) in [7, 11) is 1.51. The number of hydrogen-bond acceptors (Lipinski definition) is 8. The summed E-state index contributed by atoms with van der Waals surface area (Å²) in [4.78, 5) is 12.7. The normalized spacial score (nSPS) is 23.4. The minimum atomic E-state index is -0.194. The molecule has 0 bridgehead atoms. The summed E-state index contributed by atoms with van der Waals surface area (Å²) in [5.41, 5.74) is 0. The van der Waals surface area contributed by atoms with Crippen LogP contribution in [0.3, 0.4) is 0 Å². The largest absolute Gasteiger partial charge is 0.467 e. The second kappa shape index (κ2) is 6.52. The van der Waals surface area contributed by atoms with Crippen molar-refractivity contribution in [2.24, 2.45) is 5.92 Å². The highest BCUT2D eigenvalue weighted by atomic mass is 35.5. The van der Waals surface area contributed by atoms with Crippen molar-refractivity contribution in [3.63, 3.8) is 0 Å². The highest BCUT2D eigenvalue weighted by molar-refractivity contribution is 6.32. The molecule has 0 radical (unpaired) electrons. The fourth-order valence-electron chi connectivity index (χ4n) is 2.79. The molecular formula is C15H18ClN5O3. The second-order valence-electron chi connectivity index (χ2n) is 6.04. The van der Waals surface area contributed by atoms with Crippen LogP contribution in [-0.4, -0.2) is 40.4 Å². The molecule has 1 aliphatic heterocycles. The van der Waals surface area contributed by atoms with Crippen LogP contribution in [0.15, 0.2) is 10.7 Å². The average molecular weight is 352 g/mol. The molecule has 3 heterocycles. The number of nitrogens with zero attached hydrogens (tertiary/aromatic N) is 4. The van der Waals surface area contributed by atoms with Crippen LogP contribution in [0, 0.1) is 5.92 Å². The van der Waals surface area contributed by atoms with Gasteiger partial charge in [0.25, 0.3) is 5.89 Å². The number of anilines is 1. The maximum Gasteiger partial charge on any atom is 0.318 e. The minimum absolute atomic E-state index is 0.194. The highest BCUT2D eigenvalue weighted by Crippen LogP contribution is 2.40. The number of rotatable bonds is 6. The Hall–Kier alpha value is -1.93. The fourth-order valence-corrected chi connectivity index (χ4v) is 2.94. The van der Waals surface area contributed by atoms with Crippen LogP contribution in [0.1, 0.15) is 43.0 Å². The molecule has 0 unspecified atom stereocenters. The molecule has 1 aliphatic carbocycles. The molecule has 0 amide bonds. The predicted octanol–water partition coefficient (Wildman–Crippen LogP) is 2.59. The Morgan fingerprint density at radius 3 is 3.00 bits per heavy atom. The lowest BCUT2D eigenvalue weighted by atomic mass is 10.0. The molecule has 2 aliphatic rings. The molecule has 8 nitrogen and oxygen atoms in total. The molecule has 128 valence electrons. The van der Waals surface area contributed by atoms with Gasteiger partial charge in [0.05, 0.1) is 13.3 Å². The molecule has 9 heteroatoms. The van der Waals surface area contributed by atoms with Crippen molar-refractivity contribution in [3.05, 3.63) is 22.9 Å². The Labute approximate surface area is 143 Å². The first-order valence-corrected chi connectivity index (χ1v) is 8.38. The smallest absolute Gasteiger partial charge is 0.318 e. The van der Waals surface area contributed by atoms with E-state index in [0.717, 1.165) is 25.1 Å². The van der Waals surface area contributed by atoms with Gasteiger partial charge in [0, 0.05) is 25.0 Å². The van der Waals surface area contributed by atoms with Gasteiger partial charge in [-0.25, -0.2) is 4.98 Å². The Balaban J connectivity index is 1.43. The van der Waals surface area contributed by atoms with E-state index in [9.17, 15) is 0 Å². The van der Waals surface area contributed by atoms with Crippen molar-refractivity contribution in [2.45, 2.75) is 31.3 Å². The van der Waals surface area contributed by atoms with Gasteiger partial charge in [0.1, 0.15) is 11.1 Å². The zero-order chi connectivity index (χ0) is 16.5. The first-order valence-electron chi connectivity index (χ1n) is 8.00. The van der Waals surface area contributed by atoms with Crippen LogP contribution in [0.4, 0.5) is 5.82 Å². The number of nitrogens with one attached hydrogen (secondary N) is 1. The van der Waals surface area contributed by atoms with Crippen molar-refractivity contribution in [3.8, 4) is 6.01 Å². The third-order valence-corrected chi connectivity index (χ3v) is 4.57. The molecule has 24 heavy (non-hydrogen) atoms. The third-order valence-electron chi connectivity index (χ3n) is 4.29. The van der Waals surface area contributed by atoms with E-state index in [-0.39, 0.29) is 18.0 Å². The Bertz CT molecular complexity index is 721. The van der Waals surface area contributed by atoms with E-state index in [2.05, 4.69) is 25.4 Å². The van der Waals surface area contributed by atoms with Crippen LogP contribution in [0.5, 0.6) is 6.01 Å². The van der Waals surface area contributed by atoms with Gasteiger partial charge in [0.2, 0.25) is 0 Å². The zero-order valence-corrected chi connectivity index (χ0v) is 14.0. The zero-order valence-electron chi connectivity index (χ0n) is 13.2. The Morgan fingerprint density at radius 2 is 2.21 bits per heavy atom. The molecule has 1 saturated carbocycles. The molecule has 4 rings (SSSR count). The summed E-state index contributed by atoms with van der Waals surface area (Å²) in [6.45, 7) is 1.30. The monoisotopic (exact) mass is 351 g/mol. The summed E-state index contributed by atoms with van der Waals surface area (Å²) < 4.78 is 16.2. The molecule has 1 saturated heterocycles. The quantitative estimate of drug-likeness (QED) is 0.848. The number of methoxy groups -OCH3 is 1. The van der Waals surface area contributed by atoms with Crippen LogP contribution in [0.2, 0.25) is 5.02 Å². The third kappa shape index (κ3) is 3.16. The SMILES string of the molecule is COc1ncc(Cl)c(NC[C@@H]2CCO[C@@H]2c2nc(C3CC3)no2)n1. The van der Waals surface area contributed by atoms with Crippen molar-refractivity contribution in [2.75, 3.05) is 25.6 Å². The fraction of sp³-hybridized carbons (Fsp3) is 0.600. The summed E-state index contributed by atoms with van der Waals surface area (Å²) in [5.74, 6) is 2.57. The maximum atomic E-state index is 6.12. The summed E-state index contributed by atoms with van der Waals surface area (Å²) in [6, 6.07) is 0.270. The van der Waals surface area contributed by atoms with Crippen LogP contribution >= 0.6 is 11.6 Å². The van der Waals surface area contributed by atoms with Gasteiger partial charge in [-0.15, -0.1) is 0 Å². The second-order valence-corrected chi connectivity index (χ2v) is 6.45. The van der Waals surface area contributed by atoms with Gasteiger partial charge in [-0.2, -0.15) is 9.97 Å². The van der Waals surface area contributed by atoms with Crippen LogP contribution in [-0.2, 0) is 4.74 Å². The number of ether oxygens (including phenoxy) is 2.